The van der Waals surface area contributed by atoms with Gasteiger partial charge in [-0.05, 0) is 31.5 Å². The summed E-state index contributed by atoms with van der Waals surface area (Å²) in [5, 5.41) is 3.80. The molecule has 0 radical (unpaired) electrons. The highest BCUT2D eigenvalue weighted by Gasteiger charge is 2.26. The average Bonchev–Trinajstić information content (AvgIpc) is 3.10. The molecular weight excluding hydrogens is 414 g/mol. The molecule has 1 aliphatic heterocycles. The number of thiophene rings is 1. The number of ether oxygens (including phenoxy) is 1. The Balaban J connectivity index is 1.71. The molecule has 2 N–H and O–H groups in total. The van der Waals surface area contributed by atoms with Crippen LogP contribution in [0.2, 0.25) is 0 Å². The van der Waals surface area contributed by atoms with Crippen LogP contribution in [0.25, 0.3) is 10.2 Å². The Morgan fingerprint density at radius 3 is 2.58 bits per heavy atom. The van der Waals surface area contributed by atoms with Crippen molar-refractivity contribution < 1.29 is 19.2 Å². The number of hydrogen-bond acceptors (Lipinski definition) is 7. The van der Waals surface area contributed by atoms with Gasteiger partial charge in [0.25, 0.3) is 5.91 Å². The number of carbonyl (C=O) groups is 2. The fourth-order valence-electron chi connectivity index (χ4n) is 3.83. The van der Waals surface area contributed by atoms with Gasteiger partial charge in [0.2, 0.25) is 0 Å². The Labute approximate surface area is 184 Å². The smallest absolute Gasteiger partial charge is 0.339 e. The van der Waals surface area contributed by atoms with Gasteiger partial charge in [0.05, 0.1) is 61.9 Å². The highest BCUT2D eigenvalue weighted by Crippen LogP contribution is 2.36. The number of rotatable bonds is 4. The maximum Gasteiger partial charge on any atom is 0.339 e. The molecule has 1 aromatic carbocycles. The number of piperazine rings is 1. The largest absolute Gasteiger partial charge is 0.465 e. The summed E-state index contributed by atoms with van der Waals surface area (Å²) in [6, 6.07) is 6.81. The van der Waals surface area contributed by atoms with Crippen LogP contribution in [-0.2, 0) is 4.74 Å². The molecule has 4 rings (SSSR count). The van der Waals surface area contributed by atoms with E-state index < -0.39 is 5.97 Å². The van der Waals surface area contributed by atoms with Crippen molar-refractivity contribution in [2.45, 2.75) is 13.8 Å². The number of esters is 1. The van der Waals surface area contributed by atoms with Crippen LogP contribution in [0, 0.1) is 13.8 Å². The molecule has 162 valence electrons. The number of aryl methyl sites for hydroxylation is 2. The third-order valence-electron chi connectivity index (χ3n) is 5.59. The minimum absolute atomic E-state index is 0.275. The molecule has 2 aromatic heterocycles. The van der Waals surface area contributed by atoms with Crippen molar-refractivity contribution in [3.05, 3.63) is 46.1 Å². The van der Waals surface area contributed by atoms with E-state index in [4.69, 9.17) is 9.72 Å². The first-order chi connectivity index (χ1) is 14.9. The molecule has 3 heterocycles. The first kappa shape index (κ1) is 21.2. The third kappa shape index (κ3) is 4.11. The van der Waals surface area contributed by atoms with Gasteiger partial charge >= 0.3 is 5.97 Å². The molecule has 1 amide bonds. The molecule has 1 aliphatic rings. The van der Waals surface area contributed by atoms with Crippen LogP contribution in [0.3, 0.4) is 0 Å². The standard InChI is InChI=1S/C22H25N5O3S/c1-13-17-19(27-11-9-26(3)10-12-27)23-14(2)24-21(17)31-18(13)20(28)25-16-8-6-5-7-15(16)22(29)30-4/h5-8H,9-12H2,1-4H3,(H,25,28)/p+1. The van der Waals surface area contributed by atoms with E-state index in [1.54, 1.807) is 24.3 Å². The van der Waals surface area contributed by atoms with Gasteiger partial charge in [0.1, 0.15) is 16.5 Å². The van der Waals surface area contributed by atoms with Crippen molar-refractivity contribution in [2.75, 3.05) is 50.6 Å². The van der Waals surface area contributed by atoms with E-state index >= 15 is 0 Å². The molecule has 3 aromatic rings. The fraction of sp³-hybridized carbons (Fsp3) is 0.364. The van der Waals surface area contributed by atoms with Gasteiger partial charge < -0.3 is 19.9 Å². The van der Waals surface area contributed by atoms with Crippen molar-refractivity contribution in [3.63, 3.8) is 0 Å². The highest BCUT2D eigenvalue weighted by atomic mass is 32.1. The number of para-hydroxylation sites is 1. The highest BCUT2D eigenvalue weighted by molar-refractivity contribution is 7.20. The maximum atomic E-state index is 13.2. The molecule has 0 aliphatic carbocycles. The Morgan fingerprint density at radius 1 is 1.16 bits per heavy atom. The average molecular weight is 441 g/mol. The summed E-state index contributed by atoms with van der Waals surface area (Å²) in [5.74, 6) is 0.823. The van der Waals surface area contributed by atoms with Crippen LogP contribution in [-0.4, -0.2) is 62.2 Å². The van der Waals surface area contributed by atoms with Crippen molar-refractivity contribution in [3.8, 4) is 0 Å². The summed E-state index contributed by atoms with van der Waals surface area (Å²) < 4.78 is 4.83. The Hall–Kier alpha value is -3.04. The number of nitrogens with one attached hydrogen (secondary N) is 2. The molecule has 31 heavy (non-hydrogen) atoms. The SMILES string of the molecule is COC(=O)c1ccccc1NC(=O)c1sc2nc(C)nc(N3CC[NH+](C)CC3)c2c1C. The third-order valence-corrected chi connectivity index (χ3v) is 6.77. The zero-order valence-corrected chi connectivity index (χ0v) is 18.9. The minimum Gasteiger partial charge on any atom is -0.465 e. The number of likely N-dealkylation sites (N-methyl/N-ethyl adjacent to an activating group) is 1. The zero-order valence-electron chi connectivity index (χ0n) is 18.1. The fourth-order valence-corrected chi connectivity index (χ4v) is 4.94. The van der Waals surface area contributed by atoms with Gasteiger partial charge in [-0.1, -0.05) is 12.1 Å². The molecular formula is C22H26N5O3S+. The summed E-state index contributed by atoms with van der Waals surface area (Å²) in [5.41, 5.74) is 1.59. The zero-order chi connectivity index (χ0) is 22.1. The molecule has 8 nitrogen and oxygen atoms in total. The number of hydrogen-bond donors (Lipinski definition) is 2. The summed E-state index contributed by atoms with van der Waals surface area (Å²) in [7, 11) is 3.52. The Bertz CT molecular complexity index is 1150. The first-order valence-corrected chi connectivity index (χ1v) is 11.0. The number of methoxy groups -OCH3 is 1. The Morgan fingerprint density at radius 2 is 1.87 bits per heavy atom. The number of benzene rings is 1. The van der Waals surface area contributed by atoms with Gasteiger partial charge in [0, 0.05) is 0 Å². The van der Waals surface area contributed by atoms with Crippen LogP contribution >= 0.6 is 11.3 Å². The molecule has 0 saturated carbocycles. The van der Waals surface area contributed by atoms with Crippen LogP contribution in [0.1, 0.15) is 31.4 Å². The van der Waals surface area contributed by atoms with Gasteiger partial charge in [0.15, 0.2) is 0 Å². The van der Waals surface area contributed by atoms with Crippen molar-refractivity contribution >= 4 is 44.9 Å². The number of anilines is 2. The number of carbonyl (C=O) groups excluding carboxylic acids is 2. The van der Waals surface area contributed by atoms with E-state index in [0.717, 1.165) is 47.8 Å². The molecule has 1 saturated heterocycles. The lowest BCUT2D eigenvalue weighted by molar-refractivity contribution is -0.880. The molecule has 0 bridgehead atoms. The number of quaternary nitrogens is 1. The van der Waals surface area contributed by atoms with Crippen molar-refractivity contribution in [1.29, 1.82) is 0 Å². The second-order valence-corrected chi connectivity index (χ2v) is 8.77. The minimum atomic E-state index is -0.495. The van der Waals surface area contributed by atoms with E-state index in [-0.39, 0.29) is 5.91 Å². The normalized spacial score (nSPS) is 14.6. The summed E-state index contributed by atoms with van der Waals surface area (Å²) in [4.78, 5) is 39.7. The molecule has 0 atom stereocenters. The van der Waals surface area contributed by atoms with Crippen LogP contribution in [0.5, 0.6) is 0 Å². The second kappa shape index (κ2) is 8.60. The second-order valence-electron chi connectivity index (χ2n) is 7.77. The quantitative estimate of drug-likeness (QED) is 0.600. The summed E-state index contributed by atoms with van der Waals surface area (Å²) in [6.45, 7) is 7.74. The predicted octanol–water partition coefficient (Wildman–Crippen LogP) is 1.68. The van der Waals surface area contributed by atoms with Gasteiger partial charge in [-0.2, -0.15) is 0 Å². The van der Waals surface area contributed by atoms with Crippen LogP contribution in [0.4, 0.5) is 11.5 Å². The number of fused-ring (bicyclic) bond motifs is 1. The molecule has 9 heteroatoms. The van der Waals surface area contributed by atoms with Crippen LogP contribution in [0.15, 0.2) is 24.3 Å². The Kier molecular flexibility index (Phi) is 5.88. The molecule has 0 unspecified atom stereocenters. The summed E-state index contributed by atoms with van der Waals surface area (Å²) in [6.07, 6.45) is 0. The monoisotopic (exact) mass is 440 g/mol. The number of aromatic nitrogens is 2. The van der Waals surface area contributed by atoms with Gasteiger partial charge in [-0.25, -0.2) is 14.8 Å². The van der Waals surface area contributed by atoms with E-state index in [2.05, 4.69) is 22.2 Å². The lowest BCUT2D eigenvalue weighted by atomic mass is 10.1. The maximum absolute atomic E-state index is 13.2. The number of nitrogens with zero attached hydrogens (tertiary/aromatic N) is 3. The number of amides is 1. The summed E-state index contributed by atoms with van der Waals surface area (Å²) >= 11 is 1.35. The van der Waals surface area contributed by atoms with Gasteiger partial charge in [-0.3, -0.25) is 4.79 Å². The molecule has 1 fully saturated rings. The predicted molar refractivity (Wildman–Crippen MR) is 121 cm³/mol. The lowest BCUT2D eigenvalue weighted by Gasteiger charge is -2.31. The van der Waals surface area contributed by atoms with Crippen molar-refractivity contribution in [1.82, 2.24) is 9.97 Å². The van der Waals surface area contributed by atoms with E-state index in [0.29, 0.717) is 22.0 Å². The topological polar surface area (TPSA) is 88.9 Å². The first-order valence-electron chi connectivity index (χ1n) is 10.2. The van der Waals surface area contributed by atoms with E-state index in [1.165, 1.54) is 23.3 Å². The molecule has 0 spiro atoms. The lowest BCUT2D eigenvalue weighted by Crippen LogP contribution is -3.12. The van der Waals surface area contributed by atoms with E-state index in [9.17, 15) is 9.59 Å². The van der Waals surface area contributed by atoms with E-state index in [1.807, 2.05) is 13.8 Å². The van der Waals surface area contributed by atoms with Crippen molar-refractivity contribution in [2.24, 2.45) is 0 Å². The van der Waals surface area contributed by atoms with Crippen LogP contribution < -0.4 is 15.1 Å². The van der Waals surface area contributed by atoms with Gasteiger partial charge in [-0.15, -0.1) is 11.3 Å².